The molecule has 0 saturated heterocycles. The Hall–Kier alpha value is -3.06. The van der Waals surface area contributed by atoms with Crippen LogP contribution in [0.5, 0.6) is 0 Å². The molecule has 31 heavy (non-hydrogen) atoms. The Kier molecular flexibility index (Phi) is 5.06. The normalized spacial score (nSPS) is 20.1. The van der Waals surface area contributed by atoms with Crippen LogP contribution in [0.4, 0.5) is 8.78 Å². The summed E-state index contributed by atoms with van der Waals surface area (Å²) >= 11 is 0. The van der Waals surface area contributed by atoms with Gasteiger partial charge >= 0.3 is 0 Å². The van der Waals surface area contributed by atoms with Gasteiger partial charge in [0.2, 0.25) is 0 Å². The minimum Gasteiger partial charge on any atom is -0.390 e. The van der Waals surface area contributed by atoms with E-state index >= 15 is 0 Å². The van der Waals surface area contributed by atoms with Crippen LogP contribution in [0.15, 0.2) is 42.5 Å². The molecule has 0 radical (unpaired) electrons. The lowest BCUT2D eigenvalue weighted by atomic mass is 10.1. The Bertz CT molecular complexity index is 1160. The fraction of sp³-hybridized carbons (Fsp3) is 0.333. The zero-order valence-corrected chi connectivity index (χ0v) is 16.9. The molecule has 0 fully saturated rings. The molecule has 2 heterocycles. The van der Waals surface area contributed by atoms with Gasteiger partial charge in [-0.2, -0.15) is 0 Å². The standard InChI is InChI=1S/C24H23F2N3O2/c25-17-10-9-15(12-18(17)26)23-27-22(19-8-2-1-5-11-29(19)23)24(31)28-21-16-7-4-3-6-14(16)13-20(21)30/h3-4,6-7,9-10,12,20-21,30H,1-2,5,8,11,13H2,(H,28,31)/t20-,21+/m0/s1. The molecular weight excluding hydrogens is 400 g/mol. The van der Waals surface area contributed by atoms with E-state index in [-0.39, 0.29) is 5.91 Å². The minimum absolute atomic E-state index is 0.290. The topological polar surface area (TPSA) is 67.2 Å². The highest BCUT2D eigenvalue weighted by Crippen LogP contribution is 2.33. The first-order chi connectivity index (χ1) is 15.0. The van der Waals surface area contributed by atoms with E-state index in [1.54, 1.807) is 0 Å². The van der Waals surface area contributed by atoms with Crippen LogP contribution in [0, 0.1) is 11.6 Å². The summed E-state index contributed by atoms with van der Waals surface area (Å²) in [5, 5.41) is 13.5. The van der Waals surface area contributed by atoms with Gasteiger partial charge in [-0.15, -0.1) is 0 Å². The average molecular weight is 423 g/mol. The molecule has 1 aromatic heterocycles. The van der Waals surface area contributed by atoms with Gasteiger partial charge in [-0.25, -0.2) is 13.8 Å². The maximum Gasteiger partial charge on any atom is 0.272 e. The Morgan fingerprint density at radius 3 is 2.77 bits per heavy atom. The molecule has 2 aliphatic rings. The smallest absolute Gasteiger partial charge is 0.272 e. The van der Waals surface area contributed by atoms with Gasteiger partial charge in [-0.1, -0.05) is 30.7 Å². The number of halogens is 2. The van der Waals surface area contributed by atoms with E-state index in [1.165, 1.54) is 6.07 Å². The number of aliphatic hydroxyl groups is 1. The van der Waals surface area contributed by atoms with Crippen molar-refractivity contribution in [2.45, 2.75) is 50.8 Å². The second kappa shape index (κ2) is 7.89. The third-order valence-corrected chi connectivity index (χ3v) is 6.25. The molecule has 0 saturated carbocycles. The van der Waals surface area contributed by atoms with E-state index in [0.717, 1.165) is 48.2 Å². The summed E-state index contributed by atoms with van der Waals surface area (Å²) in [5.41, 5.74) is 3.46. The summed E-state index contributed by atoms with van der Waals surface area (Å²) in [6, 6.07) is 10.9. The number of imidazole rings is 1. The Morgan fingerprint density at radius 2 is 1.94 bits per heavy atom. The third-order valence-electron chi connectivity index (χ3n) is 6.25. The predicted octanol–water partition coefficient (Wildman–Crippen LogP) is 3.94. The Balaban J connectivity index is 1.52. The second-order valence-electron chi connectivity index (χ2n) is 8.24. The van der Waals surface area contributed by atoms with Gasteiger partial charge in [0.25, 0.3) is 5.91 Å². The summed E-state index contributed by atoms with van der Waals surface area (Å²) < 4.78 is 29.3. The van der Waals surface area contributed by atoms with Crippen molar-refractivity contribution < 1.29 is 18.7 Å². The van der Waals surface area contributed by atoms with Gasteiger partial charge in [0, 0.05) is 18.5 Å². The van der Waals surface area contributed by atoms with Gasteiger partial charge < -0.3 is 15.0 Å². The zero-order chi connectivity index (χ0) is 21.5. The van der Waals surface area contributed by atoms with Crippen molar-refractivity contribution in [3.05, 3.63) is 76.6 Å². The maximum absolute atomic E-state index is 13.9. The summed E-state index contributed by atoms with van der Waals surface area (Å²) in [4.78, 5) is 17.9. The quantitative estimate of drug-likeness (QED) is 0.671. The number of amides is 1. The molecule has 7 heteroatoms. The number of hydrogen-bond acceptors (Lipinski definition) is 3. The lowest BCUT2D eigenvalue weighted by Gasteiger charge is -2.17. The first kappa shape index (κ1) is 19.9. The summed E-state index contributed by atoms with van der Waals surface area (Å²) in [7, 11) is 0. The molecule has 1 aliphatic carbocycles. The highest BCUT2D eigenvalue weighted by atomic mass is 19.2. The van der Waals surface area contributed by atoms with Crippen molar-refractivity contribution in [3.8, 4) is 11.4 Å². The highest BCUT2D eigenvalue weighted by Gasteiger charge is 2.34. The number of benzene rings is 2. The van der Waals surface area contributed by atoms with Crippen molar-refractivity contribution in [2.75, 3.05) is 0 Å². The fourth-order valence-corrected chi connectivity index (χ4v) is 4.71. The molecule has 1 amide bonds. The molecule has 3 aromatic rings. The first-order valence-corrected chi connectivity index (χ1v) is 10.6. The number of rotatable bonds is 3. The van der Waals surface area contributed by atoms with Gasteiger partial charge in [0.1, 0.15) is 11.5 Å². The number of aliphatic hydroxyl groups excluding tert-OH is 1. The number of aromatic nitrogens is 2. The molecule has 1 aliphatic heterocycles. The Morgan fingerprint density at radius 1 is 1.10 bits per heavy atom. The van der Waals surface area contributed by atoms with Crippen molar-refractivity contribution >= 4 is 5.91 Å². The molecule has 0 unspecified atom stereocenters. The number of carbonyl (C=O) groups is 1. The van der Waals surface area contributed by atoms with Crippen LogP contribution < -0.4 is 5.32 Å². The van der Waals surface area contributed by atoms with Crippen LogP contribution in [0.2, 0.25) is 0 Å². The van der Waals surface area contributed by atoms with Crippen molar-refractivity contribution in [1.82, 2.24) is 14.9 Å². The van der Waals surface area contributed by atoms with Crippen LogP contribution in [0.25, 0.3) is 11.4 Å². The molecule has 2 aromatic carbocycles. The number of hydrogen-bond donors (Lipinski definition) is 2. The van der Waals surface area contributed by atoms with E-state index in [4.69, 9.17) is 0 Å². The lowest BCUT2D eigenvalue weighted by molar-refractivity contribution is 0.0852. The molecule has 0 bridgehead atoms. The lowest BCUT2D eigenvalue weighted by Crippen LogP contribution is -2.34. The first-order valence-electron chi connectivity index (χ1n) is 10.6. The van der Waals surface area contributed by atoms with Gasteiger partial charge in [-0.3, -0.25) is 4.79 Å². The number of carbonyl (C=O) groups excluding carboxylic acids is 1. The number of fused-ring (bicyclic) bond motifs is 2. The minimum atomic E-state index is -0.944. The molecule has 0 spiro atoms. The van der Waals surface area contributed by atoms with Crippen LogP contribution in [0.1, 0.15) is 52.6 Å². The summed E-state index contributed by atoms with van der Waals surface area (Å²) in [6.07, 6.45) is 3.35. The van der Waals surface area contributed by atoms with E-state index in [1.807, 2.05) is 28.8 Å². The molecule has 5 rings (SSSR count). The van der Waals surface area contributed by atoms with Crippen LogP contribution in [0.3, 0.4) is 0 Å². The molecule has 2 atom stereocenters. The van der Waals surface area contributed by atoms with Crippen LogP contribution >= 0.6 is 0 Å². The van der Waals surface area contributed by atoms with Gasteiger partial charge in [0.05, 0.1) is 17.8 Å². The number of nitrogens with one attached hydrogen (secondary N) is 1. The monoisotopic (exact) mass is 423 g/mol. The van der Waals surface area contributed by atoms with Gasteiger partial charge in [-0.05, 0) is 48.6 Å². The van der Waals surface area contributed by atoms with Crippen LogP contribution in [-0.4, -0.2) is 26.7 Å². The van der Waals surface area contributed by atoms with E-state index < -0.39 is 23.8 Å². The summed E-state index contributed by atoms with van der Waals surface area (Å²) in [5.74, 6) is -1.76. The molecular formula is C24H23F2N3O2. The maximum atomic E-state index is 13.9. The second-order valence-corrected chi connectivity index (χ2v) is 8.24. The van der Waals surface area contributed by atoms with E-state index in [0.29, 0.717) is 36.5 Å². The van der Waals surface area contributed by atoms with Crippen LogP contribution in [-0.2, 0) is 19.4 Å². The predicted molar refractivity (Wildman–Crippen MR) is 111 cm³/mol. The van der Waals surface area contributed by atoms with Crippen molar-refractivity contribution in [2.24, 2.45) is 0 Å². The third kappa shape index (κ3) is 3.53. The molecule has 5 nitrogen and oxygen atoms in total. The van der Waals surface area contributed by atoms with Crippen molar-refractivity contribution in [1.29, 1.82) is 0 Å². The Labute approximate surface area is 178 Å². The van der Waals surface area contributed by atoms with E-state index in [9.17, 15) is 18.7 Å². The van der Waals surface area contributed by atoms with Gasteiger partial charge in [0.15, 0.2) is 11.6 Å². The fourth-order valence-electron chi connectivity index (χ4n) is 4.71. The average Bonchev–Trinajstić information content (AvgIpc) is 3.16. The number of nitrogens with zero attached hydrogens (tertiary/aromatic N) is 2. The SMILES string of the molecule is O=C(N[C@@H]1c2ccccc2C[C@@H]1O)c1nc(-c2ccc(F)c(F)c2)n2c1CCCCC2. The van der Waals surface area contributed by atoms with E-state index in [2.05, 4.69) is 10.3 Å². The highest BCUT2D eigenvalue weighted by molar-refractivity contribution is 5.94. The summed E-state index contributed by atoms with van der Waals surface area (Å²) in [6.45, 7) is 0.666. The van der Waals surface area contributed by atoms with Crippen molar-refractivity contribution in [3.63, 3.8) is 0 Å². The largest absolute Gasteiger partial charge is 0.390 e. The molecule has 2 N–H and O–H groups in total. The zero-order valence-electron chi connectivity index (χ0n) is 16.9. The molecule has 160 valence electrons.